The first-order chi connectivity index (χ1) is 24.8. The van der Waals surface area contributed by atoms with Gasteiger partial charge in [-0.05, 0) is 86.0 Å². The minimum Gasteiger partial charge on any atom is -0.485 e. The molecule has 2 bridgehead atoms. The van der Waals surface area contributed by atoms with Crippen LogP contribution in [-0.2, 0) is 45.7 Å². The van der Waals surface area contributed by atoms with Gasteiger partial charge >= 0.3 is 0 Å². The van der Waals surface area contributed by atoms with Crippen LogP contribution in [-0.4, -0.2) is 54.3 Å². The number of nitrogens with zero attached hydrogens (tertiary/aromatic N) is 2. The lowest BCUT2D eigenvalue weighted by atomic mass is 9.49. The zero-order valence-electron chi connectivity index (χ0n) is 28.8. The van der Waals surface area contributed by atoms with Crippen LogP contribution in [0, 0.1) is 12.8 Å². The first-order valence-electron chi connectivity index (χ1n) is 18.3. The smallest absolute Gasteiger partial charge is 0.297 e. The second-order valence-corrected chi connectivity index (χ2v) is 16.9. The Hall–Kier alpha value is -4.15. The largest absolute Gasteiger partial charge is 0.485 e. The number of hydrogen-bond donors (Lipinski definition) is 1. The van der Waals surface area contributed by atoms with Crippen molar-refractivity contribution >= 4 is 21.0 Å². The van der Waals surface area contributed by atoms with Gasteiger partial charge in [-0.15, -0.1) is 0 Å². The molecule has 1 aromatic heterocycles. The summed E-state index contributed by atoms with van der Waals surface area (Å²) in [6.45, 7) is 4.53. The van der Waals surface area contributed by atoms with E-state index in [0.29, 0.717) is 31.2 Å². The van der Waals surface area contributed by atoms with Crippen molar-refractivity contribution in [3.05, 3.63) is 125 Å². The second-order valence-electron chi connectivity index (χ2n) is 15.3. The van der Waals surface area contributed by atoms with E-state index in [2.05, 4.69) is 45.9 Å². The fourth-order valence-electron chi connectivity index (χ4n) is 9.89. The first kappa shape index (κ1) is 31.6. The van der Waals surface area contributed by atoms with Gasteiger partial charge < -0.3 is 19.1 Å². The van der Waals surface area contributed by atoms with E-state index in [-0.39, 0.29) is 17.5 Å². The molecule has 1 saturated heterocycles. The van der Waals surface area contributed by atoms with Gasteiger partial charge in [-0.1, -0.05) is 72.3 Å². The van der Waals surface area contributed by atoms with Gasteiger partial charge in [-0.2, -0.15) is 8.42 Å². The summed E-state index contributed by atoms with van der Waals surface area (Å²) in [4.78, 5) is 2.72. The molecule has 1 saturated carbocycles. The Labute approximate surface area is 298 Å². The van der Waals surface area contributed by atoms with Gasteiger partial charge in [0.1, 0.15) is 6.61 Å². The van der Waals surface area contributed by atoms with Gasteiger partial charge in [-0.3, -0.25) is 9.08 Å². The molecule has 10 rings (SSSR count). The number of piperidine rings is 1. The Morgan fingerprint density at radius 3 is 2.55 bits per heavy atom. The molecule has 8 nitrogen and oxygen atoms in total. The number of fused-ring (bicyclic) bond motifs is 4. The Kier molecular flexibility index (Phi) is 7.07. The first-order valence-corrected chi connectivity index (χ1v) is 19.7. The molecule has 4 aromatic carbocycles. The van der Waals surface area contributed by atoms with Gasteiger partial charge in [-0.25, -0.2) is 0 Å². The number of likely N-dealkylation sites (tertiary alicyclic amines) is 1. The van der Waals surface area contributed by atoms with Crippen molar-refractivity contribution < 1.29 is 27.2 Å². The maximum Gasteiger partial charge on any atom is 0.297 e. The molecule has 1 spiro atoms. The highest BCUT2D eigenvalue weighted by molar-refractivity contribution is 7.86. The number of benzene rings is 4. The summed E-state index contributed by atoms with van der Waals surface area (Å²) in [6, 6.07) is 29.4. The molecule has 5 aromatic rings. The van der Waals surface area contributed by atoms with E-state index in [1.165, 1.54) is 18.4 Å². The number of rotatable bonds is 10. The third-order valence-corrected chi connectivity index (χ3v) is 13.7. The molecule has 0 radical (unpaired) electrons. The normalized spacial score (nSPS) is 26.1. The number of aliphatic hydroxyl groups is 1. The van der Waals surface area contributed by atoms with Crippen LogP contribution in [0.4, 0.5) is 0 Å². The van der Waals surface area contributed by atoms with Crippen LogP contribution in [0.2, 0.25) is 0 Å². The van der Waals surface area contributed by atoms with Crippen LogP contribution in [0.25, 0.3) is 10.9 Å². The van der Waals surface area contributed by atoms with Crippen molar-refractivity contribution in [2.75, 3.05) is 19.7 Å². The van der Waals surface area contributed by atoms with E-state index in [1.54, 1.807) is 24.3 Å². The number of hydrogen-bond acceptors (Lipinski definition) is 7. The fraction of sp³-hybridized carbons (Fsp3) is 0.381. The van der Waals surface area contributed by atoms with Crippen molar-refractivity contribution in [1.82, 2.24) is 9.47 Å². The lowest BCUT2D eigenvalue weighted by Gasteiger charge is -2.63. The van der Waals surface area contributed by atoms with Crippen LogP contribution < -0.4 is 9.47 Å². The number of para-hydroxylation sites is 1. The molecule has 4 atom stereocenters. The van der Waals surface area contributed by atoms with Crippen LogP contribution >= 0.6 is 0 Å². The van der Waals surface area contributed by atoms with Crippen molar-refractivity contribution in [3.8, 4) is 11.5 Å². The molecule has 5 aliphatic rings. The summed E-state index contributed by atoms with van der Waals surface area (Å²) in [6.07, 6.45) is 4.08. The van der Waals surface area contributed by atoms with Crippen LogP contribution in [0.5, 0.6) is 11.5 Å². The van der Waals surface area contributed by atoms with Gasteiger partial charge in [0.25, 0.3) is 10.1 Å². The van der Waals surface area contributed by atoms with Crippen LogP contribution in [0.15, 0.2) is 95.9 Å². The molecular weight excluding hydrogens is 661 g/mol. The summed E-state index contributed by atoms with van der Waals surface area (Å²) in [5.74, 6) is 2.14. The predicted molar refractivity (Wildman–Crippen MR) is 194 cm³/mol. The van der Waals surface area contributed by atoms with Crippen LogP contribution in [0.3, 0.4) is 0 Å². The third kappa shape index (κ3) is 4.71. The summed E-state index contributed by atoms with van der Waals surface area (Å²) in [7, 11) is -3.95. The van der Waals surface area contributed by atoms with Gasteiger partial charge in [0.15, 0.2) is 17.6 Å². The lowest BCUT2D eigenvalue weighted by Crippen LogP contribution is -2.74. The second kappa shape index (κ2) is 11.4. The Balaban J connectivity index is 1.09. The maximum absolute atomic E-state index is 13.5. The monoisotopic (exact) mass is 702 g/mol. The quantitative estimate of drug-likeness (QED) is 0.164. The minimum absolute atomic E-state index is 0.0350. The van der Waals surface area contributed by atoms with Crippen molar-refractivity contribution in [2.24, 2.45) is 5.92 Å². The Morgan fingerprint density at radius 2 is 1.75 bits per heavy atom. The number of aromatic nitrogens is 1. The van der Waals surface area contributed by atoms with Crippen molar-refractivity contribution in [3.63, 3.8) is 0 Å². The van der Waals surface area contributed by atoms with E-state index in [4.69, 9.17) is 13.7 Å². The third-order valence-electron chi connectivity index (χ3n) is 12.4. The molecule has 3 aliphatic carbocycles. The topological polar surface area (TPSA) is 90.2 Å². The summed E-state index contributed by atoms with van der Waals surface area (Å²) >= 11 is 0. The van der Waals surface area contributed by atoms with Gasteiger partial charge in [0, 0.05) is 42.0 Å². The SMILES string of the molecule is Cc1ccc(S(=O)(=O)OCCn2c3c(c4ccccc42)C[C@@]2(O)[C@H]4Cc5ccc(OCc6ccccc6)c6c5[C@@]2(CCN4CC2CC2)[C@H]3O6)cc1. The standard InChI is InChI=1S/C42H42N2O6S/c1-27-11-16-31(17-12-27)51(46,47)49-22-21-44-34-10-6-5-9-32(34)33-24-42(45)36-23-30-15-18-35(48-26-29-7-3-2-4-8-29)39-37(30)41(42,40(50-39)38(33)44)19-20-43(36)25-28-13-14-28/h2-12,15-18,28,36,40,45H,13-14,19-26H2,1H3/t36-,40+,41+,42-/m1/s1. The molecule has 1 N–H and O–H groups in total. The highest BCUT2D eigenvalue weighted by Crippen LogP contribution is 2.69. The average molecular weight is 703 g/mol. The van der Waals surface area contributed by atoms with E-state index in [0.717, 1.165) is 70.5 Å². The lowest BCUT2D eigenvalue weighted by molar-refractivity contribution is -0.173. The molecule has 262 valence electrons. The summed E-state index contributed by atoms with van der Waals surface area (Å²) in [5, 5.41) is 14.5. The maximum atomic E-state index is 13.5. The van der Waals surface area contributed by atoms with Crippen LogP contribution in [0.1, 0.15) is 58.9 Å². The van der Waals surface area contributed by atoms with Gasteiger partial charge in [0.2, 0.25) is 0 Å². The fourth-order valence-corrected chi connectivity index (χ4v) is 10.8. The van der Waals surface area contributed by atoms with Crippen molar-refractivity contribution in [1.29, 1.82) is 0 Å². The predicted octanol–water partition coefficient (Wildman–Crippen LogP) is 6.63. The molecule has 9 heteroatoms. The summed E-state index contributed by atoms with van der Waals surface area (Å²) in [5.41, 5.74) is 5.72. The van der Waals surface area contributed by atoms with Gasteiger partial charge in [0.05, 0.1) is 28.2 Å². The molecule has 51 heavy (non-hydrogen) atoms. The zero-order chi connectivity index (χ0) is 34.5. The highest BCUT2D eigenvalue weighted by Gasteiger charge is 2.73. The molecule has 3 heterocycles. The number of ether oxygens (including phenoxy) is 2. The number of aryl methyl sites for hydroxylation is 1. The van der Waals surface area contributed by atoms with E-state index >= 15 is 0 Å². The van der Waals surface area contributed by atoms with E-state index < -0.39 is 27.2 Å². The highest BCUT2D eigenvalue weighted by atomic mass is 32.2. The molecule has 2 fully saturated rings. The molecular formula is C42H42N2O6S. The minimum atomic E-state index is -3.95. The molecule has 0 amide bonds. The van der Waals surface area contributed by atoms with E-state index in [9.17, 15) is 13.5 Å². The van der Waals surface area contributed by atoms with E-state index in [1.807, 2.05) is 37.3 Å². The Morgan fingerprint density at radius 1 is 0.961 bits per heavy atom. The van der Waals surface area contributed by atoms with Crippen molar-refractivity contribution in [2.45, 2.75) is 80.2 Å². The average Bonchev–Trinajstić information content (AvgIpc) is 3.81. The molecule has 2 aliphatic heterocycles. The Bertz CT molecular complexity index is 2280. The molecule has 0 unspecified atom stereocenters. The summed E-state index contributed by atoms with van der Waals surface area (Å²) < 4.78 is 48.1. The zero-order valence-corrected chi connectivity index (χ0v) is 29.6.